The third kappa shape index (κ3) is 4.40. The van der Waals surface area contributed by atoms with E-state index in [0.717, 1.165) is 30.8 Å². The van der Waals surface area contributed by atoms with Gasteiger partial charge in [0.15, 0.2) is 11.5 Å². The number of amides is 1. The van der Waals surface area contributed by atoms with Gasteiger partial charge in [-0.3, -0.25) is 4.79 Å². The second-order valence-corrected chi connectivity index (χ2v) is 9.25. The molecule has 1 saturated heterocycles. The third-order valence-corrected chi connectivity index (χ3v) is 5.65. The molecular weight excluding hydrogens is 342 g/mol. The normalized spacial score (nSPS) is 23.0. The highest BCUT2D eigenvalue weighted by Gasteiger charge is 2.37. The van der Waals surface area contributed by atoms with E-state index in [-0.39, 0.29) is 17.4 Å². The molecule has 1 aromatic rings. The van der Waals surface area contributed by atoms with Gasteiger partial charge in [0.25, 0.3) is 0 Å². The Morgan fingerprint density at radius 1 is 1.07 bits per heavy atom. The van der Waals surface area contributed by atoms with E-state index >= 15 is 0 Å². The first kappa shape index (κ1) is 20.0. The molecule has 1 N–H and O–H groups in total. The van der Waals surface area contributed by atoms with Crippen LogP contribution in [0.25, 0.3) is 0 Å². The van der Waals surface area contributed by atoms with Crippen LogP contribution in [0.15, 0.2) is 18.2 Å². The zero-order chi connectivity index (χ0) is 19.7. The van der Waals surface area contributed by atoms with Crippen molar-refractivity contribution in [3.63, 3.8) is 0 Å². The molecule has 2 heterocycles. The van der Waals surface area contributed by atoms with E-state index < -0.39 is 5.41 Å². The monoisotopic (exact) mass is 375 g/mol. The molecule has 0 spiro atoms. The first-order valence-electron chi connectivity index (χ1n) is 9.99. The molecule has 1 fully saturated rings. The lowest BCUT2D eigenvalue weighted by Gasteiger charge is -2.40. The van der Waals surface area contributed by atoms with E-state index in [4.69, 9.17) is 14.2 Å². The highest BCUT2D eigenvalue weighted by Crippen LogP contribution is 2.36. The molecule has 3 rings (SSSR count). The third-order valence-electron chi connectivity index (χ3n) is 5.65. The van der Waals surface area contributed by atoms with E-state index in [1.54, 1.807) is 0 Å². The average molecular weight is 376 g/mol. The fourth-order valence-electron chi connectivity index (χ4n) is 4.02. The number of ether oxygens (including phenoxy) is 3. The van der Waals surface area contributed by atoms with Gasteiger partial charge in [0.2, 0.25) is 5.91 Å². The Morgan fingerprint density at radius 3 is 2.48 bits per heavy atom. The minimum atomic E-state index is -0.650. The van der Waals surface area contributed by atoms with Crippen molar-refractivity contribution in [2.75, 3.05) is 26.4 Å². The van der Waals surface area contributed by atoms with Crippen molar-refractivity contribution in [2.45, 2.75) is 59.0 Å². The molecule has 2 unspecified atom stereocenters. The Balaban J connectivity index is 1.67. The van der Waals surface area contributed by atoms with Gasteiger partial charge in [-0.1, -0.05) is 26.8 Å². The molecule has 0 saturated carbocycles. The zero-order valence-electron chi connectivity index (χ0n) is 17.3. The highest BCUT2D eigenvalue weighted by atomic mass is 16.6. The van der Waals surface area contributed by atoms with Crippen LogP contribution in [0.5, 0.6) is 11.5 Å². The minimum Gasteiger partial charge on any atom is -0.486 e. The van der Waals surface area contributed by atoms with Crippen molar-refractivity contribution in [2.24, 2.45) is 11.3 Å². The summed E-state index contributed by atoms with van der Waals surface area (Å²) in [5.41, 5.74) is 0.348. The summed E-state index contributed by atoms with van der Waals surface area (Å²) in [6, 6.07) is 5.77. The summed E-state index contributed by atoms with van der Waals surface area (Å²) in [4.78, 5) is 13.0. The van der Waals surface area contributed by atoms with E-state index in [9.17, 15) is 4.79 Å². The van der Waals surface area contributed by atoms with Crippen LogP contribution < -0.4 is 14.8 Å². The number of rotatable bonds is 4. The lowest BCUT2D eigenvalue weighted by molar-refractivity contribution is -0.127. The van der Waals surface area contributed by atoms with Gasteiger partial charge >= 0.3 is 0 Å². The number of fused-ring (bicyclic) bond motifs is 1. The number of benzene rings is 1. The summed E-state index contributed by atoms with van der Waals surface area (Å²) >= 11 is 0. The Bertz CT molecular complexity index is 677. The number of nitrogens with one attached hydrogen (secondary N) is 1. The summed E-state index contributed by atoms with van der Waals surface area (Å²) in [5.74, 6) is 1.83. The summed E-state index contributed by atoms with van der Waals surface area (Å²) in [5, 5.41) is 3.18. The predicted octanol–water partition coefficient (Wildman–Crippen LogP) is 3.69. The lowest BCUT2D eigenvalue weighted by atomic mass is 9.77. The van der Waals surface area contributed by atoms with E-state index in [2.05, 4.69) is 26.1 Å². The zero-order valence-corrected chi connectivity index (χ0v) is 17.3. The van der Waals surface area contributed by atoms with Crippen molar-refractivity contribution >= 4 is 5.91 Å². The number of carbonyl (C=O) groups is 1. The predicted molar refractivity (Wildman–Crippen MR) is 105 cm³/mol. The minimum absolute atomic E-state index is 0.0254. The number of hydrogen-bond acceptors (Lipinski definition) is 4. The van der Waals surface area contributed by atoms with Gasteiger partial charge in [0, 0.05) is 19.1 Å². The van der Waals surface area contributed by atoms with Crippen molar-refractivity contribution in [1.29, 1.82) is 0 Å². The van der Waals surface area contributed by atoms with E-state index in [1.165, 1.54) is 0 Å². The first-order valence-corrected chi connectivity index (χ1v) is 9.99. The van der Waals surface area contributed by atoms with Crippen molar-refractivity contribution < 1.29 is 19.0 Å². The molecule has 0 bridgehead atoms. The standard InChI is InChI=1S/C22H33NO4/c1-21(2,3)19-15(7-6-10-27-19)14-23-20(24)22(4,5)16-8-9-17-18(13-16)26-12-11-25-17/h8-9,13,15,19H,6-7,10-12,14H2,1-5H3,(H,23,24). The van der Waals surface area contributed by atoms with Gasteiger partial charge in [-0.05, 0) is 49.8 Å². The van der Waals surface area contributed by atoms with Crippen LogP contribution >= 0.6 is 0 Å². The summed E-state index contributed by atoms with van der Waals surface area (Å²) in [6.45, 7) is 13.1. The van der Waals surface area contributed by atoms with Crippen molar-refractivity contribution in [3.05, 3.63) is 23.8 Å². The molecule has 2 atom stereocenters. The molecule has 5 nitrogen and oxygen atoms in total. The molecule has 2 aliphatic heterocycles. The molecule has 150 valence electrons. The summed E-state index contributed by atoms with van der Waals surface area (Å²) in [6.07, 6.45) is 2.31. The maximum atomic E-state index is 13.0. The summed E-state index contributed by atoms with van der Waals surface area (Å²) in [7, 11) is 0. The molecule has 5 heteroatoms. The topological polar surface area (TPSA) is 56.8 Å². The Morgan fingerprint density at radius 2 is 1.78 bits per heavy atom. The quantitative estimate of drug-likeness (QED) is 0.872. The lowest BCUT2D eigenvalue weighted by Crippen LogP contribution is -2.48. The van der Waals surface area contributed by atoms with Crippen molar-refractivity contribution in [3.8, 4) is 11.5 Å². The Kier molecular flexibility index (Phi) is 5.71. The number of carbonyl (C=O) groups excluding carboxylic acids is 1. The highest BCUT2D eigenvalue weighted by molar-refractivity contribution is 5.87. The summed E-state index contributed by atoms with van der Waals surface area (Å²) < 4.78 is 17.3. The SMILES string of the molecule is CC(C)(C(=O)NCC1CCCOC1C(C)(C)C)c1ccc2c(c1)OCCO2. The van der Waals surface area contributed by atoms with Crippen LogP contribution in [0.4, 0.5) is 0 Å². The van der Waals surface area contributed by atoms with Crippen LogP contribution in [-0.4, -0.2) is 38.4 Å². The van der Waals surface area contributed by atoms with Gasteiger partial charge in [-0.2, -0.15) is 0 Å². The molecule has 0 aromatic heterocycles. The molecule has 2 aliphatic rings. The van der Waals surface area contributed by atoms with Gasteiger partial charge < -0.3 is 19.5 Å². The van der Waals surface area contributed by atoms with E-state index in [1.807, 2.05) is 32.0 Å². The van der Waals surface area contributed by atoms with Crippen LogP contribution in [-0.2, 0) is 14.9 Å². The Hall–Kier alpha value is -1.75. The maximum absolute atomic E-state index is 13.0. The molecular formula is C22H33NO4. The van der Waals surface area contributed by atoms with Crippen LogP contribution in [0.3, 0.4) is 0 Å². The first-order chi connectivity index (χ1) is 12.7. The molecule has 0 radical (unpaired) electrons. The van der Waals surface area contributed by atoms with Gasteiger partial charge in [-0.15, -0.1) is 0 Å². The largest absolute Gasteiger partial charge is 0.486 e. The second-order valence-electron chi connectivity index (χ2n) is 9.25. The molecule has 1 aromatic carbocycles. The van der Waals surface area contributed by atoms with Crippen LogP contribution in [0.2, 0.25) is 0 Å². The molecule has 1 amide bonds. The van der Waals surface area contributed by atoms with Crippen LogP contribution in [0.1, 0.15) is 53.0 Å². The van der Waals surface area contributed by atoms with E-state index in [0.29, 0.717) is 31.4 Å². The van der Waals surface area contributed by atoms with Crippen LogP contribution in [0, 0.1) is 11.3 Å². The van der Waals surface area contributed by atoms with Gasteiger partial charge in [0.1, 0.15) is 13.2 Å². The van der Waals surface area contributed by atoms with Crippen molar-refractivity contribution in [1.82, 2.24) is 5.32 Å². The molecule has 27 heavy (non-hydrogen) atoms. The number of hydrogen-bond donors (Lipinski definition) is 1. The smallest absolute Gasteiger partial charge is 0.230 e. The Labute approximate surface area is 162 Å². The van der Waals surface area contributed by atoms with Gasteiger partial charge in [-0.25, -0.2) is 0 Å². The fraction of sp³-hybridized carbons (Fsp3) is 0.682. The fourth-order valence-corrected chi connectivity index (χ4v) is 4.02. The maximum Gasteiger partial charge on any atom is 0.230 e. The second kappa shape index (κ2) is 7.70. The molecule has 0 aliphatic carbocycles. The van der Waals surface area contributed by atoms with Gasteiger partial charge in [0.05, 0.1) is 11.5 Å². The average Bonchev–Trinajstić information content (AvgIpc) is 2.65.